The van der Waals surface area contributed by atoms with Crippen LogP contribution in [0.25, 0.3) is 0 Å². The van der Waals surface area contributed by atoms with Crippen molar-refractivity contribution in [3.05, 3.63) is 71.8 Å². The van der Waals surface area contributed by atoms with Crippen molar-refractivity contribution < 1.29 is 9.90 Å². The first kappa shape index (κ1) is 19.5. The Hall–Kier alpha value is -1.84. The number of carboxylic acid groups (broad SMARTS) is 1. The molecule has 4 heteroatoms. The minimum Gasteiger partial charge on any atom is -0.481 e. The molecule has 3 nitrogen and oxygen atoms in total. The van der Waals surface area contributed by atoms with E-state index in [-0.39, 0.29) is 18.8 Å². The van der Waals surface area contributed by atoms with Gasteiger partial charge < -0.3 is 10.0 Å². The van der Waals surface area contributed by atoms with E-state index in [1.54, 1.807) is 0 Å². The van der Waals surface area contributed by atoms with Gasteiger partial charge in [-0.25, -0.2) is 0 Å². The van der Waals surface area contributed by atoms with E-state index < -0.39 is 5.97 Å². The molecule has 3 rings (SSSR count). The van der Waals surface area contributed by atoms with Crippen molar-refractivity contribution in [2.24, 2.45) is 5.92 Å². The van der Waals surface area contributed by atoms with Crippen LogP contribution in [0, 0.1) is 5.92 Å². The average Bonchev–Trinajstić information content (AvgIpc) is 2.63. The quantitative estimate of drug-likeness (QED) is 0.829. The number of likely N-dealkylation sites (tertiary alicyclic amines) is 1. The molecule has 1 fully saturated rings. The van der Waals surface area contributed by atoms with Crippen molar-refractivity contribution in [2.75, 3.05) is 19.6 Å². The van der Waals surface area contributed by atoms with E-state index in [0.29, 0.717) is 18.4 Å². The summed E-state index contributed by atoms with van der Waals surface area (Å²) in [5.74, 6) is 0.327. The molecule has 25 heavy (non-hydrogen) atoms. The third kappa shape index (κ3) is 5.32. The van der Waals surface area contributed by atoms with Crippen LogP contribution in [0.15, 0.2) is 60.7 Å². The number of benzene rings is 2. The van der Waals surface area contributed by atoms with E-state index in [1.807, 2.05) is 0 Å². The van der Waals surface area contributed by atoms with Gasteiger partial charge in [0.15, 0.2) is 0 Å². The monoisotopic (exact) mass is 359 g/mol. The number of nitrogens with zero attached hydrogens (tertiary/aromatic N) is 1. The highest BCUT2D eigenvalue weighted by Crippen LogP contribution is 2.37. The van der Waals surface area contributed by atoms with E-state index in [2.05, 4.69) is 65.6 Å². The number of carbonyl (C=O) groups is 1. The zero-order valence-electron chi connectivity index (χ0n) is 14.4. The summed E-state index contributed by atoms with van der Waals surface area (Å²) in [5.41, 5.74) is 2.76. The molecule has 2 aromatic rings. The summed E-state index contributed by atoms with van der Waals surface area (Å²) < 4.78 is 0. The van der Waals surface area contributed by atoms with Gasteiger partial charge in [-0.1, -0.05) is 60.7 Å². The minimum atomic E-state index is -0.705. The molecule has 0 radical (unpaired) electrons. The standard InChI is InChI=1S/C21H25NO2.ClH/c23-20(24)13-16-22-14-11-19(12-15-22)21(17-7-3-1-4-8-17)18-9-5-2-6-10-18;/h1-10,19,21H,11-16H2,(H,23,24);1H. The molecule has 1 aliphatic heterocycles. The summed E-state index contributed by atoms with van der Waals surface area (Å²) in [5, 5.41) is 8.86. The highest BCUT2D eigenvalue weighted by molar-refractivity contribution is 5.85. The summed E-state index contributed by atoms with van der Waals surface area (Å²) in [4.78, 5) is 13.0. The van der Waals surface area contributed by atoms with Gasteiger partial charge in [0.05, 0.1) is 6.42 Å². The maximum absolute atomic E-state index is 10.8. The van der Waals surface area contributed by atoms with Gasteiger partial charge in [-0.3, -0.25) is 4.79 Å². The van der Waals surface area contributed by atoms with Crippen LogP contribution >= 0.6 is 12.4 Å². The van der Waals surface area contributed by atoms with Crippen LogP contribution in [0.1, 0.15) is 36.3 Å². The van der Waals surface area contributed by atoms with Gasteiger partial charge in [0.25, 0.3) is 0 Å². The first-order valence-electron chi connectivity index (χ1n) is 8.78. The summed E-state index contributed by atoms with van der Waals surface area (Å²) >= 11 is 0. The normalized spacial score (nSPS) is 15.7. The van der Waals surface area contributed by atoms with Crippen LogP contribution in [0.5, 0.6) is 0 Å². The number of hydrogen-bond donors (Lipinski definition) is 1. The number of hydrogen-bond acceptors (Lipinski definition) is 2. The fourth-order valence-electron chi connectivity index (χ4n) is 3.82. The van der Waals surface area contributed by atoms with Gasteiger partial charge in [0, 0.05) is 12.5 Å². The number of halogens is 1. The molecule has 1 saturated heterocycles. The number of aliphatic carboxylic acids is 1. The van der Waals surface area contributed by atoms with E-state index in [4.69, 9.17) is 5.11 Å². The van der Waals surface area contributed by atoms with Crippen molar-refractivity contribution >= 4 is 18.4 Å². The second kappa shape index (κ2) is 9.59. The van der Waals surface area contributed by atoms with Gasteiger partial charge in [-0.15, -0.1) is 12.4 Å². The van der Waals surface area contributed by atoms with Crippen LogP contribution in [-0.4, -0.2) is 35.6 Å². The Morgan fingerprint density at radius 2 is 1.44 bits per heavy atom. The molecule has 1 aliphatic rings. The third-order valence-electron chi connectivity index (χ3n) is 5.06. The molecule has 0 aromatic heterocycles. The van der Waals surface area contributed by atoms with Crippen LogP contribution in [0.3, 0.4) is 0 Å². The number of carboxylic acids is 1. The highest BCUT2D eigenvalue weighted by Gasteiger charge is 2.28. The molecular weight excluding hydrogens is 334 g/mol. The maximum Gasteiger partial charge on any atom is 0.304 e. The lowest BCUT2D eigenvalue weighted by molar-refractivity contribution is -0.137. The molecule has 0 saturated carbocycles. The molecule has 1 N–H and O–H groups in total. The largest absolute Gasteiger partial charge is 0.481 e. The summed E-state index contributed by atoms with van der Waals surface area (Å²) in [6.45, 7) is 2.66. The smallest absolute Gasteiger partial charge is 0.304 e. The third-order valence-corrected chi connectivity index (χ3v) is 5.06. The average molecular weight is 360 g/mol. The van der Waals surface area contributed by atoms with Crippen molar-refractivity contribution in [3.8, 4) is 0 Å². The molecule has 0 spiro atoms. The molecule has 0 amide bonds. The SMILES string of the molecule is Cl.O=C(O)CCN1CCC(C(c2ccccc2)c2ccccc2)CC1. The van der Waals surface area contributed by atoms with Crippen LogP contribution in [0.2, 0.25) is 0 Å². The lowest BCUT2D eigenvalue weighted by atomic mass is 9.76. The molecule has 0 atom stereocenters. The van der Waals surface area contributed by atoms with Gasteiger partial charge in [0.2, 0.25) is 0 Å². The van der Waals surface area contributed by atoms with Gasteiger partial charge in [-0.2, -0.15) is 0 Å². The summed E-state index contributed by atoms with van der Waals surface area (Å²) in [6.07, 6.45) is 2.48. The van der Waals surface area contributed by atoms with Crippen molar-refractivity contribution in [2.45, 2.75) is 25.2 Å². The van der Waals surface area contributed by atoms with Crippen molar-refractivity contribution in [3.63, 3.8) is 0 Å². The molecule has 2 aromatic carbocycles. The Morgan fingerprint density at radius 1 is 0.960 bits per heavy atom. The van der Waals surface area contributed by atoms with Gasteiger partial charge in [0.1, 0.15) is 0 Å². The van der Waals surface area contributed by atoms with Gasteiger partial charge in [-0.05, 0) is 43.0 Å². The molecule has 134 valence electrons. The Labute approximate surface area is 156 Å². The Morgan fingerprint density at radius 3 is 1.88 bits per heavy atom. The number of rotatable bonds is 6. The predicted octanol–water partition coefficient (Wildman–Crippen LogP) is 4.43. The van der Waals surface area contributed by atoms with E-state index in [9.17, 15) is 4.79 Å². The topological polar surface area (TPSA) is 40.5 Å². The zero-order valence-corrected chi connectivity index (χ0v) is 15.2. The van der Waals surface area contributed by atoms with Crippen molar-refractivity contribution in [1.29, 1.82) is 0 Å². The lowest BCUT2D eigenvalue weighted by Gasteiger charge is -2.36. The van der Waals surface area contributed by atoms with Crippen LogP contribution in [-0.2, 0) is 4.79 Å². The summed E-state index contributed by atoms with van der Waals surface area (Å²) in [6, 6.07) is 21.5. The highest BCUT2D eigenvalue weighted by atomic mass is 35.5. The Kier molecular flexibility index (Phi) is 7.48. The van der Waals surface area contributed by atoms with Gasteiger partial charge >= 0.3 is 5.97 Å². The maximum atomic E-state index is 10.8. The second-order valence-electron chi connectivity index (χ2n) is 6.62. The second-order valence-corrected chi connectivity index (χ2v) is 6.62. The van der Waals surface area contributed by atoms with E-state index >= 15 is 0 Å². The number of piperidine rings is 1. The fourth-order valence-corrected chi connectivity index (χ4v) is 3.82. The Balaban J connectivity index is 0.00000225. The molecule has 0 aliphatic carbocycles. The molecule has 0 unspecified atom stereocenters. The van der Waals surface area contributed by atoms with Crippen molar-refractivity contribution in [1.82, 2.24) is 4.90 Å². The molecule has 1 heterocycles. The first-order valence-corrected chi connectivity index (χ1v) is 8.78. The molecular formula is C21H26ClNO2. The fraction of sp³-hybridized carbons (Fsp3) is 0.381. The van der Waals surface area contributed by atoms with Crippen LogP contribution < -0.4 is 0 Å². The van der Waals surface area contributed by atoms with E-state index in [0.717, 1.165) is 25.9 Å². The first-order chi connectivity index (χ1) is 11.7. The Bertz CT molecular complexity index is 600. The van der Waals surface area contributed by atoms with Crippen LogP contribution in [0.4, 0.5) is 0 Å². The predicted molar refractivity (Wildman–Crippen MR) is 103 cm³/mol. The lowest BCUT2D eigenvalue weighted by Crippen LogP contribution is -2.37. The molecule has 0 bridgehead atoms. The van der Waals surface area contributed by atoms with E-state index in [1.165, 1.54) is 11.1 Å². The summed E-state index contributed by atoms with van der Waals surface area (Å²) in [7, 11) is 0. The minimum absolute atomic E-state index is 0. The zero-order chi connectivity index (χ0) is 16.8.